The first kappa shape index (κ1) is 22.2. The molecule has 2 aromatic heterocycles. The van der Waals surface area contributed by atoms with Gasteiger partial charge in [-0.25, -0.2) is 4.79 Å². The van der Waals surface area contributed by atoms with Crippen molar-refractivity contribution in [1.29, 1.82) is 0 Å². The summed E-state index contributed by atoms with van der Waals surface area (Å²) in [5.74, 6) is 1.26. The number of carbonyl (C=O) groups is 1. The van der Waals surface area contributed by atoms with Gasteiger partial charge in [0, 0.05) is 29.3 Å². The molecule has 5 rings (SSSR count). The molecule has 0 spiro atoms. The van der Waals surface area contributed by atoms with Crippen molar-refractivity contribution in [2.45, 2.75) is 44.0 Å². The number of amides is 1. The maximum absolute atomic E-state index is 12.8. The minimum Gasteiger partial charge on any atom is -0.444 e. The number of aromatic nitrogens is 4. The zero-order chi connectivity index (χ0) is 23.7. The van der Waals surface area contributed by atoms with Gasteiger partial charge in [-0.1, -0.05) is 60.3 Å². The molecule has 1 atom stereocenters. The van der Waals surface area contributed by atoms with E-state index < -0.39 is 17.7 Å². The second kappa shape index (κ2) is 8.98. The summed E-state index contributed by atoms with van der Waals surface area (Å²) in [6.45, 7) is 5.52. The van der Waals surface area contributed by atoms with Crippen LogP contribution in [0.15, 0.2) is 71.1 Å². The summed E-state index contributed by atoms with van der Waals surface area (Å²) in [6.07, 6.45) is 1.96. The van der Waals surface area contributed by atoms with Gasteiger partial charge >= 0.3 is 6.09 Å². The molecule has 0 aliphatic carbocycles. The minimum absolute atomic E-state index is 0.491. The monoisotopic (exact) mass is 474 g/mol. The molecule has 2 N–H and O–H groups in total. The van der Waals surface area contributed by atoms with E-state index in [-0.39, 0.29) is 0 Å². The Hall–Kier alpha value is -3.59. The summed E-state index contributed by atoms with van der Waals surface area (Å²) < 4.78 is 7.29. The zero-order valence-corrected chi connectivity index (χ0v) is 20.1. The van der Waals surface area contributed by atoms with Crippen LogP contribution in [0.2, 0.25) is 0 Å². The van der Waals surface area contributed by atoms with Gasteiger partial charge in [-0.15, -0.1) is 10.2 Å². The van der Waals surface area contributed by atoms with E-state index in [0.29, 0.717) is 23.2 Å². The number of nitrogens with zero attached hydrogens (tertiary/aromatic N) is 4. The van der Waals surface area contributed by atoms with E-state index in [4.69, 9.17) is 9.84 Å². The highest BCUT2D eigenvalue weighted by atomic mass is 32.2. The number of alkyl carbamates (subject to hydrolysis) is 1. The molecule has 8 nitrogen and oxygen atoms in total. The number of rotatable bonds is 5. The number of hydrogen-bond donors (Lipinski definition) is 2. The largest absolute Gasteiger partial charge is 0.444 e. The van der Waals surface area contributed by atoms with Crippen molar-refractivity contribution in [3.8, 4) is 0 Å². The fraction of sp³-hybridized carbons (Fsp3) is 0.280. The van der Waals surface area contributed by atoms with Gasteiger partial charge in [0.15, 0.2) is 5.82 Å². The molecule has 174 valence electrons. The van der Waals surface area contributed by atoms with E-state index in [1.165, 1.54) is 0 Å². The Kier molecular flexibility index (Phi) is 5.87. The van der Waals surface area contributed by atoms with Gasteiger partial charge in [-0.2, -0.15) is 9.78 Å². The average Bonchev–Trinajstić information content (AvgIpc) is 3.42. The fourth-order valence-electron chi connectivity index (χ4n) is 3.91. The highest BCUT2D eigenvalue weighted by Crippen LogP contribution is 2.29. The van der Waals surface area contributed by atoms with Crippen LogP contribution in [0.25, 0.3) is 10.9 Å². The number of nitrogens with one attached hydrogen (secondary N) is 2. The molecule has 1 aliphatic rings. The van der Waals surface area contributed by atoms with E-state index >= 15 is 0 Å². The first-order chi connectivity index (χ1) is 16.4. The fourth-order valence-corrected chi connectivity index (χ4v) is 4.75. The van der Waals surface area contributed by atoms with Gasteiger partial charge in [-0.05, 0) is 38.0 Å². The summed E-state index contributed by atoms with van der Waals surface area (Å²) in [6, 6.07) is 17.6. The van der Waals surface area contributed by atoms with Gasteiger partial charge in [0.25, 0.3) is 0 Å². The lowest BCUT2D eigenvalue weighted by molar-refractivity contribution is 0.0500. The van der Waals surface area contributed by atoms with Crippen LogP contribution in [-0.4, -0.2) is 43.0 Å². The SMILES string of the molecule is CC(C)(C)OC(=O)NC(Cc1c[nH]c2ccccc12)c1nnc2n1N=C(c1ccccc1)CS2. The molecule has 0 saturated carbocycles. The number of carbonyl (C=O) groups excluding carboxylic acids is 1. The zero-order valence-electron chi connectivity index (χ0n) is 19.3. The number of fused-ring (bicyclic) bond motifs is 2. The summed E-state index contributed by atoms with van der Waals surface area (Å²) >= 11 is 1.58. The molecule has 34 heavy (non-hydrogen) atoms. The maximum atomic E-state index is 12.8. The Balaban J connectivity index is 1.52. The van der Waals surface area contributed by atoms with Crippen LogP contribution < -0.4 is 5.32 Å². The molecule has 0 bridgehead atoms. The lowest BCUT2D eigenvalue weighted by Crippen LogP contribution is -2.37. The molecule has 4 aromatic rings. The summed E-state index contributed by atoms with van der Waals surface area (Å²) in [4.78, 5) is 16.1. The molecular weight excluding hydrogens is 448 g/mol. The number of benzene rings is 2. The molecule has 3 heterocycles. The van der Waals surface area contributed by atoms with E-state index in [1.807, 2.05) is 75.5 Å². The topological polar surface area (TPSA) is 97.2 Å². The summed E-state index contributed by atoms with van der Waals surface area (Å²) in [5, 5.41) is 18.4. The van der Waals surface area contributed by atoms with Crippen molar-refractivity contribution in [2.24, 2.45) is 5.10 Å². The van der Waals surface area contributed by atoms with Gasteiger partial charge in [-0.3, -0.25) is 0 Å². The summed E-state index contributed by atoms with van der Waals surface area (Å²) in [7, 11) is 0. The number of H-pyrrole nitrogens is 1. The van der Waals surface area contributed by atoms with Crippen molar-refractivity contribution >= 4 is 34.5 Å². The number of thioether (sulfide) groups is 1. The second-order valence-electron chi connectivity index (χ2n) is 9.12. The van der Waals surface area contributed by atoms with Crippen LogP contribution in [0.4, 0.5) is 4.79 Å². The molecule has 0 radical (unpaired) electrons. The van der Waals surface area contributed by atoms with Crippen LogP contribution in [0.3, 0.4) is 0 Å². The van der Waals surface area contributed by atoms with Crippen molar-refractivity contribution in [3.63, 3.8) is 0 Å². The Morgan fingerprint density at radius 1 is 1.15 bits per heavy atom. The smallest absolute Gasteiger partial charge is 0.408 e. The Morgan fingerprint density at radius 3 is 2.71 bits per heavy atom. The van der Waals surface area contributed by atoms with Crippen molar-refractivity contribution in [1.82, 2.24) is 25.2 Å². The minimum atomic E-state index is -0.617. The Labute approximate surface area is 201 Å². The summed E-state index contributed by atoms with van der Waals surface area (Å²) in [5.41, 5.74) is 3.46. The maximum Gasteiger partial charge on any atom is 0.408 e. The van der Waals surface area contributed by atoms with E-state index in [1.54, 1.807) is 16.4 Å². The third kappa shape index (κ3) is 4.70. The predicted molar refractivity (Wildman–Crippen MR) is 133 cm³/mol. The molecule has 2 aromatic carbocycles. The number of para-hydroxylation sites is 1. The molecule has 0 fully saturated rings. The van der Waals surface area contributed by atoms with Gasteiger partial charge in [0.2, 0.25) is 5.16 Å². The number of aromatic amines is 1. The van der Waals surface area contributed by atoms with Crippen LogP contribution in [0, 0.1) is 0 Å². The molecule has 9 heteroatoms. The lowest BCUT2D eigenvalue weighted by Gasteiger charge is -2.23. The van der Waals surface area contributed by atoms with Gasteiger partial charge in [0.05, 0.1) is 11.8 Å². The van der Waals surface area contributed by atoms with Crippen molar-refractivity contribution in [3.05, 3.63) is 77.7 Å². The number of ether oxygens (including phenoxy) is 1. The molecule has 1 aliphatic heterocycles. The normalized spacial score (nSPS) is 14.4. The third-order valence-electron chi connectivity index (χ3n) is 5.40. The van der Waals surface area contributed by atoms with Gasteiger partial charge < -0.3 is 15.0 Å². The Bertz CT molecular complexity index is 1350. The first-order valence-electron chi connectivity index (χ1n) is 11.1. The predicted octanol–water partition coefficient (Wildman–Crippen LogP) is 4.93. The second-order valence-corrected chi connectivity index (χ2v) is 10.1. The molecule has 1 amide bonds. The standard InChI is InChI=1S/C25H26N6O2S/c1-25(2,3)33-24(32)27-20(13-17-14-26-19-12-8-7-11-18(17)19)22-28-29-23-31(22)30-21(15-34-23)16-9-5-4-6-10-16/h4-12,14,20,26H,13,15H2,1-3H3,(H,27,32). The lowest BCUT2D eigenvalue weighted by atomic mass is 10.0. The average molecular weight is 475 g/mol. The number of hydrogen-bond acceptors (Lipinski definition) is 6. The molecule has 0 saturated heterocycles. The van der Waals surface area contributed by atoms with E-state index in [9.17, 15) is 4.79 Å². The third-order valence-corrected chi connectivity index (χ3v) is 6.33. The van der Waals surface area contributed by atoms with E-state index in [2.05, 4.69) is 26.6 Å². The van der Waals surface area contributed by atoms with Crippen LogP contribution in [0.5, 0.6) is 0 Å². The van der Waals surface area contributed by atoms with Crippen molar-refractivity contribution < 1.29 is 9.53 Å². The first-order valence-corrected chi connectivity index (χ1v) is 12.1. The highest BCUT2D eigenvalue weighted by molar-refractivity contribution is 7.99. The van der Waals surface area contributed by atoms with Crippen molar-refractivity contribution in [2.75, 3.05) is 5.75 Å². The van der Waals surface area contributed by atoms with Crippen LogP contribution in [-0.2, 0) is 11.2 Å². The molecular formula is C25H26N6O2S. The van der Waals surface area contributed by atoms with Gasteiger partial charge in [0.1, 0.15) is 5.60 Å². The highest BCUT2D eigenvalue weighted by Gasteiger charge is 2.29. The Morgan fingerprint density at radius 2 is 1.91 bits per heavy atom. The van der Waals surface area contributed by atoms with Crippen LogP contribution in [0.1, 0.15) is 43.8 Å². The van der Waals surface area contributed by atoms with E-state index in [0.717, 1.165) is 27.7 Å². The van der Waals surface area contributed by atoms with Crippen LogP contribution >= 0.6 is 11.8 Å². The quantitative estimate of drug-likeness (QED) is 0.428. The molecule has 1 unspecified atom stereocenters.